The van der Waals surface area contributed by atoms with Crippen molar-refractivity contribution in [2.24, 2.45) is 4.99 Å². The first kappa shape index (κ1) is 12.3. The van der Waals surface area contributed by atoms with Crippen LogP contribution in [0.15, 0.2) is 35.3 Å². The first-order valence-corrected chi connectivity index (χ1v) is 5.68. The van der Waals surface area contributed by atoms with Gasteiger partial charge in [0.05, 0.1) is 0 Å². The number of carboxylic acids is 1. The van der Waals surface area contributed by atoms with Gasteiger partial charge in [-0.3, -0.25) is 0 Å². The summed E-state index contributed by atoms with van der Waals surface area (Å²) < 4.78 is 0.707. The zero-order valence-corrected chi connectivity index (χ0v) is 10.00. The molecule has 1 aliphatic rings. The quantitative estimate of drug-likeness (QED) is 0.566. The number of benzene rings is 1. The highest BCUT2D eigenvalue weighted by atomic mass is 16.5. The predicted molar refractivity (Wildman–Crippen MR) is 65.3 cm³/mol. The number of carbonyl (C=O) groups is 1. The van der Waals surface area contributed by atoms with E-state index in [2.05, 4.69) is 4.99 Å². The molecule has 0 fully saturated rings. The molecule has 0 amide bonds. The Morgan fingerprint density at radius 2 is 2.06 bits per heavy atom. The molecule has 5 nitrogen and oxygen atoms in total. The zero-order chi connectivity index (χ0) is 13.2. The fourth-order valence-electron chi connectivity index (χ4n) is 1.84. The number of hydroxylamine groups is 1. The van der Waals surface area contributed by atoms with Crippen molar-refractivity contribution in [2.75, 3.05) is 0 Å². The van der Waals surface area contributed by atoms with E-state index >= 15 is 0 Å². The van der Waals surface area contributed by atoms with Crippen molar-refractivity contribution < 1.29 is 14.6 Å². The van der Waals surface area contributed by atoms with Gasteiger partial charge in [-0.25, -0.2) is 4.99 Å². The predicted octanol–water partition coefficient (Wildman–Crippen LogP) is 0.317. The molecule has 0 saturated carbocycles. The van der Waals surface area contributed by atoms with Crippen LogP contribution in [0, 0.1) is 5.21 Å². The van der Waals surface area contributed by atoms with Gasteiger partial charge in [0.2, 0.25) is 6.21 Å². The monoisotopic (exact) mass is 245 g/mol. The summed E-state index contributed by atoms with van der Waals surface area (Å²) in [5.41, 5.74) is 0.368. The molecule has 0 aromatic heterocycles. The Morgan fingerprint density at radius 3 is 2.67 bits per heavy atom. The fourth-order valence-corrected chi connectivity index (χ4v) is 1.84. The lowest BCUT2D eigenvalue weighted by atomic mass is 10.1. The summed E-state index contributed by atoms with van der Waals surface area (Å²) in [6, 6.07) is 9.31. The Hall–Kier alpha value is -2.17. The first-order valence-electron chi connectivity index (χ1n) is 5.68. The Labute approximate surface area is 105 Å². The molecule has 1 heterocycles. The molecule has 0 bridgehead atoms. The average molecular weight is 245 g/mol. The minimum Gasteiger partial charge on any atom is -0.622 e. The van der Waals surface area contributed by atoms with Gasteiger partial charge in [0.25, 0.3) is 5.66 Å². The molecule has 1 aliphatic heterocycles. The van der Waals surface area contributed by atoms with Gasteiger partial charge < -0.3 is 15.1 Å². The molecule has 0 aliphatic carbocycles. The summed E-state index contributed by atoms with van der Waals surface area (Å²) >= 11 is 0. The molecule has 2 rings (SSSR count). The summed E-state index contributed by atoms with van der Waals surface area (Å²) in [6.45, 7) is 1.62. The van der Waals surface area contributed by atoms with E-state index in [1.165, 1.54) is 6.21 Å². The third kappa shape index (κ3) is 2.40. The minimum absolute atomic E-state index is 0.131. The van der Waals surface area contributed by atoms with Crippen molar-refractivity contribution in [3.8, 4) is 0 Å². The summed E-state index contributed by atoms with van der Waals surface area (Å²) in [4.78, 5) is 14.8. The highest BCUT2D eigenvalue weighted by Crippen LogP contribution is 2.23. The number of rotatable bonds is 4. The highest BCUT2D eigenvalue weighted by Gasteiger charge is 2.37. The number of aliphatic imine (C=N–C) groups is 1. The molecule has 5 heteroatoms. The summed E-state index contributed by atoms with van der Waals surface area (Å²) in [5, 5.41) is 22.3. The molecule has 1 aromatic carbocycles. The van der Waals surface area contributed by atoms with Gasteiger partial charge >= 0.3 is 0 Å². The molecular weight excluding hydrogens is 232 g/mol. The van der Waals surface area contributed by atoms with Crippen LogP contribution in [-0.4, -0.2) is 28.3 Å². The zero-order valence-electron chi connectivity index (χ0n) is 10.00. The van der Waals surface area contributed by atoms with E-state index in [1.807, 2.05) is 30.3 Å². The van der Waals surface area contributed by atoms with Gasteiger partial charge in [0.15, 0.2) is 0 Å². The van der Waals surface area contributed by atoms with Crippen LogP contribution in [0.25, 0.3) is 0 Å². The molecule has 0 N–H and O–H groups in total. The number of aliphatic carboxylic acids is 1. The van der Waals surface area contributed by atoms with Crippen LogP contribution >= 0.6 is 0 Å². The summed E-state index contributed by atoms with van der Waals surface area (Å²) in [6.07, 6.45) is 1.34. The Morgan fingerprint density at radius 1 is 1.39 bits per heavy atom. The van der Waals surface area contributed by atoms with Crippen molar-refractivity contribution >= 4 is 17.9 Å². The van der Waals surface area contributed by atoms with Crippen LogP contribution in [0.5, 0.6) is 0 Å². The van der Waals surface area contributed by atoms with Crippen molar-refractivity contribution in [1.82, 2.24) is 0 Å². The van der Waals surface area contributed by atoms with Crippen molar-refractivity contribution in [3.05, 3.63) is 41.1 Å². The third-order valence-corrected chi connectivity index (χ3v) is 2.95. The average Bonchev–Trinajstić information content (AvgIpc) is 2.65. The molecule has 1 aromatic rings. The number of carboxylic acid groups (broad SMARTS) is 1. The number of carbonyl (C=O) groups excluding carboxylic acids is 1. The van der Waals surface area contributed by atoms with Crippen LogP contribution in [-0.2, 0) is 4.79 Å². The number of hydrogen-bond donors (Lipinski definition) is 0. The van der Waals surface area contributed by atoms with Crippen LogP contribution in [0.1, 0.15) is 25.3 Å². The normalized spacial score (nSPS) is 22.5. The molecule has 0 spiro atoms. The smallest absolute Gasteiger partial charge is 0.263 e. The van der Waals surface area contributed by atoms with E-state index in [0.717, 1.165) is 5.56 Å². The van der Waals surface area contributed by atoms with E-state index in [9.17, 15) is 15.1 Å². The molecule has 1 unspecified atom stereocenters. The molecular formula is C13H13N2O3-. The second kappa shape index (κ2) is 4.60. The molecule has 1 atom stereocenters. The maximum absolute atomic E-state index is 11.8. The third-order valence-electron chi connectivity index (χ3n) is 2.95. The van der Waals surface area contributed by atoms with E-state index in [4.69, 9.17) is 0 Å². The van der Waals surface area contributed by atoms with E-state index in [1.54, 1.807) is 6.92 Å². The topological polar surface area (TPSA) is 78.6 Å². The summed E-state index contributed by atoms with van der Waals surface area (Å²) in [5.74, 6) is -1.17. The van der Waals surface area contributed by atoms with Crippen LogP contribution < -0.4 is 5.11 Å². The molecule has 94 valence electrons. The second-order valence-electron chi connectivity index (χ2n) is 4.41. The Kier molecular flexibility index (Phi) is 3.14. The SMILES string of the molecule is CC1(CCC(=O)[O-])N=C(c2ccccc2)C=[N+]1[O-]. The van der Waals surface area contributed by atoms with Crippen LogP contribution in [0.3, 0.4) is 0 Å². The van der Waals surface area contributed by atoms with Gasteiger partial charge in [-0.05, 0) is 6.42 Å². The minimum atomic E-state index is -1.17. The van der Waals surface area contributed by atoms with Crippen molar-refractivity contribution in [1.29, 1.82) is 0 Å². The number of hydrogen-bond acceptors (Lipinski definition) is 4. The lowest BCUT2D eigenvalue weighted by Gasteiger charge is -2.20. The van der Waals surface area contributed by atoms with Gasteiger partial charge in [0.1, 0.15) is 5.71 Å². The highest BCUT2D eigenvalue weighted by molar-refractivity contribution is 6.37. The maximum Gasteiger partial charge on any atom is 0.263 e. The Bertz CT molecular complexity index is 522. The second-order valence-corrected chi connectivity index (χ2v) is 4.41. The van der Waals surface area contributed by atoms with Crippen LogP contribution in [0.2, 0.25) is 0 Å². The lowest BCUT2D eigenvalue weighted by molar-refractivity contribution is -0.535. The molecule has 0 saturated heterocycles. The van der Waals surface area contributed by atoms with E-state index < -0.39 is 11.6 Å². The summed E-state index contributed by atoms with van der Waals surface area (Å²) in [7, 11) is 0. The maximum atomic E-state index is 11.8. The van der Waals surface area contributed by atoms with Crippen molar-refractivity contribution in [2.45, 2.75) is 25.4 Å². The fraction of sp³-hybridized carbons (Fsp3) is 0.308. The first-order chi connectivity index (χ1) is 8.51. The van der Waals surface area contributed by atoms with Gasteiger partial charge in [0, 0.05) is 24.9 Å². The van der Waals surface area contributed by atoms with Crippen molar-refractivity contribution in [3.63, 3.8) is 0 Å². The van der Waals surface area contributed by atoms with Gasteiger partial charge in [-0.1, -0.05) is 30.3 Å². The lowest BCUT2D eigenvalue weighted by Crippen LogP contribution is -2.34. The number of nitrogens with zero attached hydrogens (tertiary/aromatic N) is 2. The largest absolute Gasteiger partial charge is 0.622 e. The van der Waals surface area contributed by atoms with E-state index in [-0.39, 0.29) is 12.8 Å². The van der Waals surface area contributed by atoms with Gasteiger partial charge in [-0.15, -0.1) is 0 Å². The van der Waals surface area contributed by atoms with Gasteiger partial charge in [-0.2, -0.15) is 4.74 Å². The standard InChI is InChI=1S/C13H14N2O3/c1-13(8-7-12(16)17)14-11(9-15(13)18)10-5-3-2-4-6-10/h2-6,9H,7-8H2,1H3,(H,16,17)/p-1. The molecule has 0 radical (unpaired) electrons. The Balaban J connectivity index is 2.24. The molecule has 18 heavy (non-hydrogen) atoms. The van der Waals surface area contributed by atoms with E-state index in [0.29, 0.717) is 10.5 Å². The van der Waals surface area contributed by atoms with Crippen LogP contribution in [0.4, 0.5) is 0 Å².